The van der Waals surface area contributed by atoms with Crippen LogP contribution in [0.4, 0.5) is 0 Å². The summed E-state index contributed by atoms with van der Waals surface area (Å²) >= 11 is 0. The van der Waals surface area contributed by atoms with Gasteiger partial charge in [0.1, 0.15) is 0 Å². The van der Waals surface area contributed by atoms with Crippen LogP contribution in [0.1, 0.15) is 82.5 Å². The van der Waals surface area contributed by atoms with Gasteiger partial charge < -0.3 is 20.0 Å². The van der Waals surface area contributed by atoms with Gasteiger partial charge in [0.15, 0.2) is 0 Å². The van der Waals surface area contributed by atoms with Crippen molar-refractivity contribution < 1.29 is 29.4 Å². The monoisotopic (exact) mass is 750 g/mol. The second-order valence-corrected chi connectivity index (χ2v) is 14.1. The number of carbonyl (C=O) groups is 4. The van der Waals surface area contributed by atoms with Gasteiger partial charge in [-0.15, -0.1) is 0 Å². The molecule has 2 saturated heterocycles. The lowest BCUT2D eigenvalue weighted by Crippen LogP contribution is -2.33. The Hall–Kier alpha value is -6.28. The molecule has 0 bridgehead atoms. The maximum absolute atomic E-state index is 12.3. The Morgan fingerprint density at radius 3 is 1.25 bits per heavy atom. The summed E-state index contributed by atoms with van der Waals surface area (Å²) in [5.74, 6) is -1.49. The lowest BCUT2D eigenvalue weighted by atomic mass is 10.1. The molecule has 0 radical (unpaired) electrons. The number of hydrogen-bond donors (Lipinski definition) is 2. The highest BCUT2D eigenvalue weighted by Gasteiger charge is 2.29. The van der Waals surface area contributed by atoms with Crippen LogP contribution in [0, 0.1) is 0 Å². The molecular formula is C48H50N2O6. The van der Waals surface area contributed by atoms with Crippen LogP contribution in [0.15, 0.2) is 146 Å². The second-order valence-electron chi connectivity index (χ2n) is 14.1. The molecule has 2 heterocycles. The van der Waals surface area contributed by atoms with E-state index in [1.54, 1.807) is 24.3 Å². The highest BCUT2D eigenvalue weighted by Crippen LogP contribution is 2.23. The van der Waals surface area contributed by atoms with Crippen LogP contribution in [0.5, 0.6) is 0 Å². The number of carboxylic acid groups (broad SMARTS) is 2. The minimum absolute atomic E-state index is 0.116. The molecule has 0 saturated carbocycles. The Bertz CT molecular complexity index is 1910. The fourth-order valence-corrected chi connectivity index (χ4v) is 6.87. The third-order valence-corrected chi connectivity index (χ3v) is 10.3. The van der Waals surface area contributed by atoms with Gasteiger partial charge >= 0.3 is 11.9 Å². The highest BCUT2D eigenvalue weighted by molar-refractivity contribution is 5.88. The van der Waals surface area contributed by atoms with Gasteiger partial charge in [0, 0.05) is 25.9 Å². The van der Waals surface area contributed by atoms with Crippen molar-refractivity contribution in [3.8, 4) is 0 Å². The summed E-state index contributed by atoms with van der Waals surface area (Å²) in [7, 11) is 0. The predicted octanol–water partition coefficient (Wildman–Crippen LogP) is 9.16. The van der Waals surface area contributed by atoms with E-state index in [9.17, 15) is 19.2 Å². The van der Waals surface area contributed by atoms with E-state index in [-0.39, 0.29) is 35.0 Å². The first-order chi connectivity index (χ1) is 27.1. The summed E-state index contributed by atoms with van der Waals surface area (Å²) in [6, 6.07) is 34.4. The molecule has 6 rings (SSSR count). The number of benzene rings is 4. The molecule has 8 nitrogen and oxygen atoms in total. The molecule has 2 aliphatic rings. The van der Waals surface area contributed by atoms with Crippen LogP contribution in [-0.2, 0) is 22.4 Å². The summed E-state index contributed by atoms with van der Waals surface area (Å²) < 4.78 is 0. The third kappa shape index (κ3) is 11.9. The van der Waals surface area contributed by atoms with Crippen molar-refractivity contribution in [1.82, 2.24) is 9.80 Å². The molecule has 2 fully saturated rings. The van der Waals surface area contributed by atoms with Gasteiger partial charge in [0.25, 0.3) is 0 Å². The van der Waals surface area contributed by atoms with Gasteiger partial charge in [-0.1, -0.05) is 121 Å². The van der Waals surface area contributed by atoms with Crippen molar-refractivity contribution >= 4 is 34.9 Å². The van der Waals surface area contributed by atoms with Crippen LogP contribution < -0.4 is 0 Å². The minimum atomic E-state index is -0.926. The maximum atomic E-state index is 12.3. The van der Waals surface area contributed by atoms with Gasteiger partial charge in [-0.2, -0.15) is 0 Å². The number of amides is 2. The highest BCUT2D eigenvalue weighted by atomic mass is 16.4. The Kier molecular flexibility index (Phi) is 14.9. The Labute approximate surface area is 329 Å². The number of aromatic carboxylic acids is 2. The molecule has 0 unspecified atom stereocenters. The first kappa shape index (κ1) is 40.9. The summed E-state index contributed by atoms with van der Waals surface area (Å²) in [6.07, 6.45) is 16.7. The molecule has 288 valence electrons. The zero-order valence-corrected chi connectivity index (χ0v) is 32.1. The number of rotatable bonds is 14. The lowest BCUT2D eigenvalue weighted by Gasteiger charge is -2.22. The van der Waals surface area contributed by atoms with E-state index < -0.39 is 11.9 Å². The molecule has 2 amide bonds. The van der Waals surface area contributed by atoms with Gasteiger partial charge in [-0.05, 0) is 97.2 Å². The number of allylic oxidation sites excluding steroid dienone is 6. The zero-order valence-electron chi connectivity index (χ0n) is 32.1. The van der Waals surface area contributed by atoms with Crippen molar-refractivity contribution in [3.05, 3.63) is 179 Å². The summed E-state index contributed by atoms with van der Waals surface area (Å²) in [6.45, 7) is 5.44. The molecule has 0 aliphatic carbocycles. The quantitative estimate of drug-likeness (QED) is 0.124. The van der Waals surface area contributed by atoms with Crippen molar-refractivity contribution in [3.63, 3.8) is 0 Å². The largest absolute Gasteiger partial charge is 0.478 e. The number of carboxylic acids is 2. The van der Waals surface area contributed by atoms with Crippen molar-refractivity contribution in [1.29, 1.82) is 0 Å². The van der Waals surface area contributed by atoms with Crippen LogP contribution in [0.2, 0.25) is 0 Å². The van der Waals surface area contributed by atoms with E-state index in [1.807, 2.05) is 82.6 Å². The first-order valence-corrected chi connectivity index (χ1v) is 19.1. The van der Waals surface area contributed by atoms with Crippen molar-refractivity contribution in [2.24, 2.45) is 0 Å². The fraction of sp³-hybridized carbons (Fsp3) is 0.250. The van der Waals surface area contributed by atoms with Gasteiger partial charge in [0.05, 0.1) is 23.2 Å². The van der Waals surface area contributed by atoms with E-state index in [2.05, 4.69) is 62.4 Å². The zero-order chi connectivity index (χ0) is 39.9. The van der Waals surface area contributed by atoms with Crippen LogP contribution in [-0.4, -0.2) is 68.9 Å². The van der Waals surface area contributed by atoms with Gasteiger partial charge in [-0.3, -0.25) is 9.59 Å². The van der Waals surface area contributed by atoms with Crippen molar-refractivity contribution in [2.45, 2.75) is 64.5 Å². The maximum Gasteiger partial charge on any atom is 0.335 e. The molecular weight excluding hydrogens is 701 g/mol. The predicted molar refractivity (Wildman–Crippen MR) is 222 cm³/mol. The van der Waals surface area contributed by atoms with Crippen molar-refractivity contribution in [2.75, 3.05) is 13.1 Å². The molecule has 0 aromatic heterocycles. The molecule has 0 spiro atoms. The van der Waals surface area contributed by atoms with E-state index in [0.29, 0.717) is 25.9 Å². The van der Waals surface area contributed by atoms with E-state index in [1.165, 1.54) is 22.3 Å². The van der Waals surface area contributed by atoms with E-state index in [4.69, 9.17) is 10.2 Å². The molecule has 4 aromatic rings. The molecule has 56 heavy (non-hydrogen) atoms. The summed E-state index contributed by atoms with van der Waals surface area (Å²) in [5.41, 5.74) is 7.38. The van der Waals surface area contributed by atoms with Gasteiger partial charge in [-0.25, -0.2) is 9.59 Å². The second kappa shape index (κ2) is 20.4. The Balaban J connectivity index is 0.000000214. The van der Waals surface area contributed by atoms with Crippen LogP contribution in [0.25, 0.3) is 11.1 Å². The number of nitrogens with zero attached hydrogens (tertiary/aromatic N) is 2. The standard InChI is InChI=1S/2C24H25NO3/c2*1-18(20-7-3-2-4-8-20)6-5-9-22-14-15-23(26)25(22)17-16-19-10-12-21(13-11-19)24(27)28/h2*2-13,22H,14-17H2,1H3,(H,27,28)/b9-5+,18-6+;9-5-,18-6+/t2*22-/m00/s1. The molecule has 2 aliphatic heterocycles. The summed E-state index contributed by atoms with van der Waals surface area (Å²) in [5, 5.41) is 18.0. The summed E-state index contributed by atoms with van der Waals surface area (Å²) in [4.78, 5) is 50.3. The van der Waals surface area contributed by atoms with Crippen LogP contribution in [0.3, 0.4) is 0 Å². The van der Waals surface area contributed by atoms with Crippen LogP contribution >= 0.6 is 0 Å². The minimum Gasteiger partial charge on any atom is -0.478 e. The Morgan fingerprint density at radius 1 is 0.554 bits per heavy atom. The Morgan fingerprint density at radius 2 is 0.911 bits per heavy atom. The lowest BCUT2D eigenvalue weighted by molar-refractivity contribution is -0.129. The molecule has 4 aromatic carbocycles. The fourth-order valence-electron chi connectivity index (χ4n) is 6.87. The SMILES string of the molecule is C/C(=C\C=C/[C@H]1CCC(=O)N1CCc1ccc(C(=O)O)cc1)c1ccccc1.C/C(=C\C=C\[C@H]1CCC(=O)N1CCc1ccc(C(=O)O)cc1)c1ccccc1. The average Bonchev–Trinajstić information content (AvgIpc) is 3.76. The molecule has 2 N–H and O–H groups in total. The number of carbonyl (C=O) groups excluding carboxylic acids is 2. The van der Waals surface area contributed by atoms with Gasteiger partial charge in [0.2, 0.25) is 11.8 Å². The normalized spacial score (nSPS) is 17.5. The third-order valence-electron chi connectivity index (χ3n) is 10.3. The number of likely N-dealkylation sites (tertiary alicyclic amines) is 2. The topological polar surface area (TPSA) is 115 Å². The smallest absolute Gasteiger partial charge is 0.335 e. The molecule has 2 atom stereocenters. The first-order valence-electron chi connectivity index (χ1n) is 19.1. The van der Waals surface area contributed by atoms with E-state index in [0.717, 1.165) is 36.8 Å². The number of hydrogen-bond acceptors (Lipinski definition) is 4. The van der Waals surface area contributed by atoms with E-state index >= 15 is 0 Å². The average molecular weight is 751 g/mol. The molecule has 8 heteroatoms.